The van der Waals surface area contributed by atoms with Crippen LogP contribution >= 0.6 is 0 Å². The smallest absolute Gasteiger partial charge is 0.0515 e. The molecule has 2 nitrogen and oxygen atoms in total. The summed E-state index contributed by atoms with van der Waals surface area (Å²) in [6, 6.07) is 9.60. The maximum Gasteiger partial charge on any atom is 0.0515 e. The van der Waals surface area contributed by atoms with Gasteiger partial charge in [-0.3, -0.25) is 4.90 Å². The van der Waals surface area contributed by atoms with Gasteiger partial charge in [0.05, 0.1) is 5.52 Å². The SMILES string of the molecule is Cc1cccc2cc(CN3CCCCCC3)n(C(C)C)c12. The Bertz CT molecular complexity index is 601. The minimum absolute atomic E-state index is 0.519. The van der Waals surface area contributed by atoms with Crippen LogP contribution in [0.1, 0.15) is 56.8 Å². The molecule has 1 aliphatic rings. The van der Waals surface area contributed by atoms with E-state index < -0.39 is 0 Å². The number of rotatable bonds is 3. The molecular formula is C19H28N2. The molecule has 0 aliphatic carbocycles. The van der Waals surface area contributed by atoms with E-state index in [1.807, 2.05) is 0 Å². The van der Waals surface area contributed by atoms with Crippen molar-refractivity contribution in [1.29, 1.82) is 0 Å². The van der Waals surface area contributed by atoms with Gasteiger partial charge in [-0.2, -0.15) is 0 Å². The zero-order valence-corrected chi connectivity index (χ0v) is 13.7. The Hall–Kier alpha value is -1.28. The number of nitrogens with zero attached hydrogens (tertiary/aromatic N) is 2. The summed E-state index contributed by atoms with van der Waals surface area (Å²) >= 11 is 0. The van der Waals surface area contributed by atoms with Gasteiger partial charge in [-0.05, 0) is 58.3 Å². The molecule has 2 heteroatoms. The third-order valence-corrected chi connectivity index (χ3v) is 4.74. The molecule has 0 bridgehead atoms. The molecule has 0 atom stereocenters. The molecule has 1 aromatic carbocycles. The van der Waals surface area contributed by atoms with Gasteiger partial charge < -0.3 is 4.57 Å². The lowest BCUT2D eigenvalue weighted by atomic mass is 10.1. The molecule has 0 saturated carbocycles. The molecule has 1 aliphatic heterocycles. The molecule has 1 aromatic heterocycles. The van der Waals surface area contributed by atoms with Gasteiger partial charge in [0.2, 0.25) is 0 Å². The maximum atomic E-state index is 2.65. The second-order valence-electron chi connectivity index (χ2n) is 6.80. The van der Waals surface area contributed by atoms with Crippen LogP contribution in [0.3, 0.4) is 0 Å². The topological polar surface area (TPSA) is 8.17 Å². The van der Waals surface area contributed by atoms with Crippen LogP contribution in [0.2, 0.25) is 0 Å². The third-order valence-electron chi connectivity index (χ3n) is 4.74. The molecule has 2 heterocycles. The number of para-hydroxylation sites is 1. The van der Waals surface area contributed by atoms with Gasteiger partial charge in [0.1, 0.15) is 0 Å². The average molecular weight is 284 g/mol. The zero-order chi connectivity index (χ0) is 14.8. The molecule has 0 spiro atoms. The van der Waals surface area contributed by atoms with Crippen molar-refractivity contribution in [1.82, 2.24) is 9.47 Å². The van der Waals surface area contributed by atoms with E-state index in [2.05, 4.69) is 54.5 Å². The van der Waals surface area contributed by atoms with Crippen molar-refractivity contribution in [2.75, 3.05) is 13.1 Å². The number of hydrogen-bond donors (Lipinski definition) is 0. The van der Waals surface area contributed by atoms with Crippen molar-refractivity contribution in [3.05, 3.63) is 35.5 Å². The van der Waals surface area contributed by atoms with Crippen LogP contribution in [-0.4, -0.2) is 22.6 Å². The van der Waals surface area contributed by atoms with Crippen LogP contribution in [0.25, 0.3) is 10.9 Å². The van der Waals surface area contributed by atoms with E-state index in [0.717, 1.165) is 6.54 Å². The molecule has 1 saturated heterocycles. The second kappa shape index (κ2) is 6.23. The van der Waals surface area contributed by atoms with Crippen LogP contribution in [0.4, 0.5) is 0 Å². The fraction of sp³-hybridized carbons (Fsp3) is 0.579. The highest BCUT2D eigenvalue weighted by atomic mass is 15.1. The number of aromatic nitrogens is 1. The number of hydrogen-bond acceptors (Lipinski definition) is 1. The van der Waals surface area contributed by atoms with Gasteiger partial charge in [-0.1, -0.05) is 31.0 Å². The highest BCUT2D eigenvalue weighted by Crippen LogP contribution is 2.28. The Balaban J connectivity index is 1.97. The van der Waals surface area contributed by atoms with Gasteiger partial charge in [0, 0.05) is 23.7 Å². The standard InChI is InChI=1S/C19H28N2/c1-15(2)21-18(14-20-11-6-4-5-7-12-20)13-17-10-8-9-16(3)19(17)21/h8-10,13,15H,4-7,11-12,14H2,1-3H3. The van der Waals surface area contributed by atoms with Crippen LogP contribution in [0, 0.1) is 6.92 Å². The van der Waals surface area contributed by atoms with E-state index in [9.17, 15) is 0 Å². The predicted octanol–water partition coefficient (Wildman–Crippen LogP) is 4.91. The van der Waals surface area contributed by atoms with E-state index in [1.54, 1.807) is 0 Å². The molecular weight excluding hydrogens is 256 g/mol. The van der Waals surface area contributed by atoms with Crippen molar-refractivity contribution in [3.8, 4) is 0 Å². The van der Waals surface area contributed by atoms with Gasteiger partial charge in [0.25, 0.3) is 0 Å². The summed E-state index contributed by atoms with van der Waals surface area (Å²) in [5.41, 5.74) is 4.30. The Morgan fingerprint density at radius 2 is 1.76 bits per heavy atom. The molecule has 0 N–H and O–H groups in total. The summed E-state index contributed by atoms with van der Waals surface area (Å²) in [4.78, 5) is 2.65. The van der Waals surface area contributed by atoms with Gasteiger partial charge >= 0.3 is 0 Å². The second-order valence-corrected chi connectivity index (χ2v) is 6.80. The van der Waals surface area contributed by atoms with E-state index in [4.69, 9.17) is 0 Å². The largest absolute Gasteiger partial charge is 0.341 e. The summed E-state index contributed by atoms with van der Waals surface area (Å²) in [7, 11) is 0. The first kappa shape index (κ1) is 14.6. The van der Waals surface area contributed by atoms with Crippen LogP contribution in [-0.2, 0) is 6.54 Å². The summed E-state index contributed by atoms with van der Waals surface area (Å²) in [5.74, 6) is 0. The monoisotopic (exact) mass is 284 g/mol. The fourth-order valence-electron chi connectivity index (χ4n) is 3.75. The van der Waals surface area contributed by atoms with E-state index >= 15 is 0 Å². The lowest BCUT2D eigenvalue weighted by Gasteiger charge is -2.23. The van der Waals surface area contributed by atoms with E-state index in [1.165, 1.54) is 60.9 Å². The van der Waals surface area contributed by atoms with E-state index in [0.29, 0.717) is 6.04 Å². The summed E-state index contributed by atoms with van der Waals surface area (Å²) in [5, 5.41) is 1.40. The fourth-order valence-corrected chi connectivity index (χ4v) is 3.75. The van der Waals surface area contributed by atoms with Crippen LogP contribution in [0.5, 0.6) is 0 Å². The predicted molar refractivity (Wildman–Crippen MR) is 90.8 cm³/mol. The minimum Gasteiger partial charge on any atom is -0.341 e. The molecule has 3 rings (SSSR count). The van der Waals surface area contributed by atoms with Gasteiger partial charge in [-0.25, -0.2) is 0 Å². The van der Waals surface area contributed by atoms with Gasteiger partial charge in [-0.15, -0.1) is 0 Å². The Morgan fingerprint density at radius 1 is 1.05 bits per heavy atom. The van der Waals surface area contributed by atoms with Crippen molar-refractivity contribution in [2.45, 2.75) is 59.0 Å². The Morgan fingerprint density at radius 3 is 2.43 bits per heavy atom. The summed E-state index contributed by atoms with van der Waals surface area (Å²) in [6.45, 7) is 10.5. The molecule has 1 fully saturated rings. The molecule has 0 radical (unpaired) electrons. The molecule has 114 valence electrons. The highest BCUT2D eigenvalue weighted by molar-refractivity contribution is 5.84. The molecule has 2 aromatic rings. The lowest BCUT2D eigenvalue weighted by Crippen LogP contribution is -2.25. The Labute approximate surface area is 128 Å². The van der Waals surface area contributed by atoms with Crippen molar-refractivity contribution in [3.63, 3.8) is 0 Å². The highest BCUT2D eigenvalue weighted by Gasteiger charge is 2.16. The Kier molecular flexibility index (Phi) is 4.34. The quantitative estimate of drug-likeness (QED) is 0.777. The number of benzene rings is 1. The van der Waals surface area contributed by atoms with Gasteiger partial charge in [0.15, 0.2) is 0 Å². The first-order valence-corrected chi connectivity index (χ1v) is 8.48. The number of aryl methyl sites for hydroxylation is 1. The minimum atomic E-state index is 0.519. The first-order valence-electron chi connectivity index (χ1n) is 8.48. The van der Waals surface area contributed by atoms with Crippen LogP contribution < -0.4 is 0 Å². The molecule has 0 amide bonds. The van der Waals surface area contributed by atoms with Crippen molar-refractivity contribution >= 4 is 10.9 Å². The number of likely N-dealkylation sites (tertiary alicyclic amines) is 1. The number of fused-ring (bicyclic) bond motifs is 1. The van der Waals surface area contributed by atoms with E-state index in [-0.39, 0.29) is 0 Å². The average Bonchev–Trinajstić information content (AvgIpc) is 2.63. The third kappa shape index (κ3) is 3.01. The van der Waals surface area contributed by atoms with Crippen molar-refractivity contribution < 1.29 is 0 Å². The normalized spacial score (nSPS) is 17.5. The first-order chi connectivity index (χ1) is 10.2. The molecule has 21 heavy (non-hydrogen) atoms. The summed E-state index contributed by atoms with van der Waals surface area (Å²) in [6.07, 6.45) is 5.54. The summed E-state index contributed by atoms with van der Waals surface area (Å²) < 4.78 is 2.55. The van der Waals surface area contributed by atoms with Crippen LogP contribution in [0.15, 0.2) is 24.3 Å². The van der Waals surface area contributed by atoms with Crippen molar-refractivity contribution in [2.24, 2.45) is 0 Å². The zero-order valence-electron chi connectivity index (χ0n) is 13.7. The maximum absolute atomic E-state index is 2.65. The molecule has 0 unspecified atom stereocenters. The lowest BCUT2D eigenvalue weighted by molar-refractivity contribution is 0.268.